The molecule has 6 nitrogen and oxygen atoms in total. The molecule has 0 saturated carbocycles. The third-order valence-corrected chi connectivity index (χ3v) is 3.10. The van der Waals surface area contributed by atoms with Gasteiger partial charge in [0.2, 0.25) is 0 Å². The number of aliphatic hydroxyl groups excluding tert-OH is 1. The summed E-state index contributed by atoms with van der Waals surface area (Å²) in [6.45, 7) is 4.15. The molecule has 0 spiro atoms. The lowest BCUT2D eigenvalue weighted by molar-refractivity contribution is -0.188. The van der Waals surface area contributed by atoms with Gasteiger partial charge in [-0.3, -0.25) is 4.79 Å². The van der Waals surface area contributed by atoms with Crippen LogP contribution in [0, 0.1) is 0 Å². The highest BCUT2D eigenvalue weighted by atomic mass is 19.4. The molecule has 128 valence electrons. The highest BCUT2D eigenvalue weighted by molar-refractivity contribution is 5.82. The Morgan fingerprint density at radius 2 is 1.82 bits per heavy atom. The minimum atomic E-state index is -4.95. The minimum Gasteiger partial charge on any atom is -0.444 e. The SMILES string of the molecule is CC(C)(C)OC(=O)N1CCN(C(=O)C(F)(F)F)C[C@@H]1CCO. The number of hydrogen-bond acceptors (Lipinski definition) is 4. The number of carbonyl (C=O) groups is 2. The third kappa shape index (κ3) is 5.04. The summed E-state index contributed by atoms with van der Waals surface area (Å²) in [5, 5.41) is 9.03. The molecule has 0 bridgehead atoms. The lowest BCUT2D eigenvalue weighted by Crippen LogP contribution is -2.59. The van der Waals surface area contributed by atoms with Gasteiger partial charge in [-0.25, -0.2) is 4.79 Å². The van der Waals surface area contributed by atoms with Crippen molar-refractivity contribution < 1.29 is 32.6 Å². The second-order valence-corrected chi connectivity index (χ2v) is 6.09. The summed E-state index contributed by atoms with van der Waals surface area (Å²) in [6.07, 6.45) is -5.54. The average Bonchev–Trinajstić information content (AvgIpc) is 2.35. The predicted octanol–water partition coefficient (Wildman–Crippen LogP) is 1.38. The van der Waals surface area contributed by atoms with Crippen LogP contribution in [0.25, 0.3) is 0 Å². The largest absolute Gasteiger partial charge is 0.471 e. The van der Waals surface area contributed by atoms with Crippen LogP contribution in [0.15, 0.2) is 0 Å². The highest BCUT2D eigenvalue weighted by Crippen LogP contribution is 2.23. The lowest BCUT2D eigenvalue weighted by Gasteiger charge is -2.41. The first-order chi connectivity index (χ1) is 9.95. The maximum absolute atomic E-state index is 12.5. The summed E-state index contributed by atoms with van der Waals surface area (Å²) in [4.78, 5) is 25.3. The number of nitrogens with zero attached hydrogens (tertiary/aromatic N) is 2. The summed E-state index contributed by atoms with van der Waals surface area (Å²) in [5.41, 5.74) is -0.736. The average molecular weight is 326 g/mol. The maximum atomic E-state index is 12.5. The van der Waals surface area contributed by atoms with Gasteiger partial charge in [0.1, 0.15) is 5.60 Å². The number of carbonyl (C=O) groups excluding carboxylic acids is 2. The molecule has 9 heteroatoms. The summed E-state index contributed by atoms with van der Waals surface area (Å²) in [5.74, 6) is -1.93. The zero-order chi connectivity index (χ0) is 17.1. The molecule has 1 fully saturated rings. The van der Waals surface area contributed by atoms with Gasteiger partial charge in [0.25, 0.3) is 0 Å². The van der Waals surface area contributed by atoms with E-state index in [0.717, 1.165) is 0 Å². The van der Waals surface area contributed by atoms with Gasteiger partial charge in [0.05, 0.1) is 6.04 Å². The van der Waals surface area contributed by atoms with E-state index in [1.807, 2.05) is 0 Å². The Bertz CT molecular complexity index is 420. The molecule has 1 aliphatic rings. The third-order valence-electron chi connectivity index (χ3n) is 3.10. The zero-order valence-electron chi connectivity index (χ0n) is 12.8. The first-order valence-corrected chi connectivity index (χ1v) is 6.92. The van der Waals surface area contributed by atoms with E-state index in [4.69, 9.17) is 9.84 Å². The number of halogens is 3. The van der Waals surface area contributed by atoms with Crippen LogP contribution >= 0.6 is 0 Å². The quantitative estimate of drug-likeness (QED) is 0.832. The predicted molar refractivity (Wildman–Crippen MR) is 71.1 cm³/mol. The van der Waals surface area contributed by atoms with Gasteiger partial charge < -0.3 is 19.6 Å². The Morgan fingerprint density at radius 3 is 2.27 bits per heavy atom. The molecule has 1 N–H and O–H groups in total. The number of hydrogen-bond donors (Lipinski definition) is 1. The Kier molecular flexibility index (Phi) is 5.66. The van der Waals surface area contributed by atoms with Crippen LogP contribution < -0.4 is 0 Å². The van der Waals surface area contributed by atoms with Gasteiger partial charge in [-0.1, -0.05) is 0 Å². The molecule has 0 aromatic rings. The normalized spacial score (nSPS) is 20.0. The molecule has 0 aliphatic carbocycles. The van der Waals surface area contributed by atoms with Crippen LogP contribution in [-0.4, -0.2) is 71.0 Å². The van der Waals surface area contributed by atoms with E-state index < -0.39 is 29.8 Å². The van der Waals surface area contributed by atoms with Crippen LogP contribution in [0.2, 0.25) is 0 Å². The zero-order valence-corrected chi connectivity index (χ0v) is 12.8. The second kappa shape index (κ2) is 6.72. The van der Waals surface area contributed by atoms with Crippen molar-refractivity contribution in [2.45, 2.75) is 45.0 Å². The van der Waals surface area contributed by atoms with Gasteiger partial charge in [0, 0.05) is 26.2 Å². The molecular formula is C13H21F3N2O4. The number of ether oxygens (including phenoxy) is 1. The van der Waals surface area contributed by atoms with E-state index in [0.29, 0.717) is 4.90 Å². The molecule has 1 atom stereocenters. The van der Waals surface area contributed by atoms with Crippen molar-refractivity contribution in [3.63, 3.8) is 0 Å². The van der Waals surface area contributed by atoms with E-state index in [1.165, 1.54) is 4.90 Å². The number of piperazine rings is 1. The molecule has 1 saturated heterocycles. The van der Waals surface area contributed by atoms with Crippen LogP contribution in [0.3, 0.4) is 0 Å². The van der Waals surface area contributed by atoms with Crippen molar-refractivity contribution in [3.05, 3.63) is 0 Å². The second-order valence-electron chi connectivity index (χ2n) is 6.09. The Labute approximate surface area is 126 Å². The summed E-state index contributed by atoms with van der Waals surface area (Å²) in [6, 6.07) is -0.708. The molecular weight excluding hydrogens is 305 g/mol. The Morgan fingerprint density at radius 1 is 1.23 bits per heavy atom. The van der Waals surface area contributed by atoms with Crippen LogP contribution in [0.4, 0.5) is 18.0 Å². The molecule has 0 aromatic carbocycles. The van der Waals surface area contributed by atoms with E-state index in [1.54, 1.807) is 20.8 Å². The van der Waals surface area contributed by atoms with Crippen LogP contribution in [0.5, 0.6) is 0 Å². The summed E-state index contributed by atoms with van der Waals surface area (Å²) >= 11 is 0. The molecule has 0 unspecified atom stereocenters. The van der Waals surface area contributed by atoms with E-state index in [-0.39, 0.29) is 32.7 Å². The van der Waals surface area contributed by atoms with Gasteiger partial charge >= 0.3 is 18.2 Å². The number of amides is 2. The van der Waals surface area contributed by atoms with Crippen molar-refractivity contribution in [1.29, 1.82) is 0 Å². The monoisotopic (exact) mass is 326 g/mol. The van der Waals surface area contributed by atoms with Crippen LogP contribution in [0.1, 0.15) is 27.2 Å². The molecule has 0 radical (unpaired) electrons. The number of rotatable bonds is 2. The summed E-state index contributed by atoms with van der Waals surface area (Å²) in [7, 11) is 0. The fourth-order valence-corrected chi connectivity index (χ4v) is 2.18. The standard InChI is InChI=1S/C13H21F3N2O4/c1-12(2,3)22-11(21)18-6-5-17(8-9(18)4-7-19)10(20)13(14,15)16/h9,19H,4-8H2,1-3H3/t9-/m0/s1. The highest BCUT2D eigenvalue weighted by Gasteiger charge is 2.45. The smallest absolute Gasteiger partial charge is 0.444 e. The molecule has 0 aromatic heterocycles. The van der Waals surface area contributed by atoms with Crippen molar-refractivity contribution in [2.75, 3.05) is 26.2 Å². The van der Waals surface area contributed by atoms with E-state index in [2.05, 4.69) is 0 Å². The first-order valence-electron chi connectivity index (χ1n) is 6.92. The molecule has 22 heavy (non-hydrogen) atoms. The van der Waals surface area contributed by atoms with E-state index in [9.17, 15) is 22.8 Å². The van der Waals surface area contributed by atoms with E-state index >= 15 is 0 Å². The molecule has 1 rings (SSSR count). The number of alkyl halides is 3. The topological polar surface area (TPSA) is 70.1 Å². The van der Waals surface area contributed by atoms with Crippen LogP contribution in [-0.2, 0) is 9.53 Å². The van der Waals surface area contributed by atoms with Gasteiger partial charge in [-0.15, -0.1) is 0 Å². The fourth-order valence-electron chi connectivity index (χ4n) is 2.18. The van der Waals surface area contributed by atoms with Gasteiger partial charge in [-0.05, 0) is 27.2 Å². The first kappa shape index (κ1) is 18.5. The maximum Gasteiger partial charge on any atom is 0.471 e. The minimum absolute atomic E-state index is 0.0681. The van der Waals surface area contributed by atoms with Crippen molar-refractivity contribution >= 4 is 12.0 Å². The molecule has 1 heterocycles. The Balaban J connectivity index is 2.80. The van der Waals surface area contributed by atoms with Crippen molar-refractivity contribution in [3.8, 4) is 0 Å². The fraction of sp³-hybridized carbons (Fsp3) is 0.846. The lowest BCUT2D eigenvalue weighted by atomic mass is 10.1. The van der Waals surface area contributed by atoms with Gasteiger partial charge in [0.15, 0.2) is 0 Å². The number of aliphatic hydroxyl groups is 1. The van der Waals surface area contributed by atoms with Crippen molar-refractivity contribution in [2.24, 2.45) is 0 Å². The molecule has 2 amide bonds. The summed E-state index contributed by atoms with van der Waals surface area (Å²) < 4.78 is 42.6. The molecule has 1 aliphatic heterocycles. The Hall–Kier alpha value is -1.51. The van der Waals surface area contributed by atoms with Crippen molar-refractivity contribution in [1.82, 2.24) is 9.80 Å². The van der Waals surface area contributed by atoms with Gasteiger partial charge in [-0.2, -0.15) is 13.2 Å².